The molecule has 1 amide bonds. The number of nitrogens with zero attached hydrogens (tertiary/aromatic N) is 1. The fourth-order valence-electron chi connectivity index (χ4n) is 1.24. The second-order valence-corrected chi connectivity index (χ2v) is 3.58. The van der Waals surface area contributed by atoms with Crippen LogP contribution in [0.5, 0.6) is 0 Å². The monoisotopic (exact) mass is 209 g/mol. The van der Waals surface area contributed by atoms with Crippen molar-refractivity contribution in [3.63, 3.8) is 0 Å². The molecule has 1 saturated carbocycles. The third-order valence-corrected chi connectivity index (χ3v) is 2.24. The minimum atomic E-state index is -0.401. The molecular formula is C11H15NO3. The van der Waals surface area contributed by atoms with Crippen LogP contribution in [0.3, 0.4) is 0 Å². The van der Waals surface area contributed by atoms with Crippen molar-refractivity contribution in [1.82, 2.24) is 4.90 Å². The fourth-order valence-corrected chi connectivity index (χ4v) is 1.24. The normalized spacial score (nSPS) is 13.7. The van der Waals surface area contributed by atoms with E-state index < -0.39 is 5.97 Å². The molecule has 82 valence electrons. The van der Waals surface area contributed by atoms with Crippen molar-refractivity contribution in [2.75, 3.05) is 20.2 Å². The number of methoxy groups -OCH3 is 1. The summed E-state index contributed by atoms with van der Waals surface area (Å²) < 4.78 is 4.53. The van der Waals surface area contributed by atoms with Crippen molar-refractivity contribution in [3.8, 4) is 11.8 Å². The van der Waals surface area contributed by atoms with Crippen molar-refractivity contribution < 1.29 is 14.3 Å². The molecule has 1 aliphatic rings. The highest BCUT2D eigenvalue weighted by atomic mass is 16.5. The molecule has 0 radical (unpaired) electrons. The average Bonchev–Trinajstić information content (AvgIpc) is 3.01. The summed E-state index contributed by atoms with van der Waals surface area (Å²) >= 11 is 0. The third kappa shape index (κ3) is 4.03. The molecule has 1 rings (SSSR count). The molecule has 4 heteroatoms. The number of rotatable bonds is 4. The first kappa shape index (κ1) is 11.6. The molecule has 0 atom stereocenters. The maximum atomic E-state index is 11.5. The van der Waals surface area contributed by atoms with Gasteiger partial charge in [0.1, 0.15) is 6.54 Å². The molecule has 0 aromatic rings. The van der Waals surface area contributed by atoms with Crippen LogP contribution in [0, 0.1) is 17.8 Å². The van der Waals surface area contributed by atoms with Gasteiger partial charge in [-0.3, -0.25) is 9.59 Å². The Kier molecular flexibility index (Phi) is 4.17. The summed E-state index contributed by atoms with van der Waals surface area (Å²) in [7, 11) is 1.31. The first-order chi connectivity index (χ1) is 7.17. The molecule has 0 N–H and O–H groups in total. The van der Waals surface area contributed by atoms with Crippen LogP contribution in [0.15, 0.2) is 0 Å². The number of hydrogen-bond acceptors (Lipinski definition) is 3. The number of esters is 1. The zero-order valence-electron chi connectivity index (χ0n) is 9.08. The predicted molar refractivity (Wildman–Crippen MR) is 54.8 cm³/mol. The van der Waals surface area contributed by atoms with Gasteiger partial charge in [0.2, 0.25) is 0 Å². The van der Waals surface area contributed by atoms with Gasteiger partial charge in [0.15, 0.2) is 0 Å². The van der Waals surface area contributed by atoms with Crippen LogP contribution in [0.2, 0.25) is 0 Å². The largest absolute Gasteiger partial charge is 0.468 e. The van der Waals surface area contributed by atoms with E-state index in [1.54, 1.807) is 6.92 Å². The number of amides is 1. The van der Waals surface area contributed by atoms with Gasteiger partial charge in [-0.25, -0.2) is 0 Å². The first-order valence-electron chi connectivity index (χ1n) is 4.95. The van der Waals surface area contributed by atoms with Crippen LogP contribution >= 0.6 is 0 Å². The van der Waals surface area contributed by atoms with E-state index in [1.807, 2.05) is 0 Å². The van der Waals surface area contributed by atoms with E-state index >= 15 is 0 Å². The van der Waals surface area contributed by atoms with Gasteiger partial charge >= 0.3 is 5.97 Å². The van der Waals surface area contributed by atoms with Gasteiger partial charge in [0.05, 0.1) is 7.11 Å². The van der Waals surface area contributed by atoms with Crippen LogP contribution in [-0.2, 0) is 14.3 Å². The Morgan fingerprint density at radius 2 is 2.13 bits per heavy atom. The lowest BCUT2D eigenvalue weighted by Gasteiger charge is -2.18. The van der Waals surface area contributed by atoms with Gasteiger partial charge < -0.3 is 9.64 Å². The smallest absolute Gasteiger partial charge is 0.325 e. The zero-order valence-corrected chi connectivity index (χ0v) is 9.08. The second kappa shape index (κ2) is 5.40. The summed E-state index contributed by atoms with van der Waals surface area (Å²) in [5.41, 5.74) is 0. The van der Waals surface area contributed by atoms with E-state index in [-0.39, 0.29) is 12.5 Å². The van der Waals surface area contributed by atoms with E-state index in [4.69, 9.17) is 0 Å². The van der Waals surface area contributed by atoms with Crippen molar-refractivity contribution in [3.05, 3.63) is 0 Å². The number of carbonyl (C=O) groups is 2. The van der Waals surface area contributed by atoms with E-state index in [2.05, 4.69) is 16.6 Å². The second-order valence-electron chi connectivity index (χ2n) is 3.58. The summed E-state index contributed by atoms with van der Waals surface area (Å²) in [6, 6.07) is 0. The maximum absolute atomic E-state index is 11.5. The number of carbonyl (C=O) groups excluding carboxylic acids is 2. The molecule has 4 nitrogen and oxygen atoms in total. The number of ether oxygens (including phenoxy) is 1. The molecule has 15 heavy (non-hydrogen) atoms. The summed E-state index contributed by atoms with van der Waals surface area (Å²) in [5.74, 6) is 4.82. The molecule has 0 heterocycles. The summed E-state index contributed by atoms with van der Waals surface area (Å²) in [5, 5.41) is 0. The Hall–Kier alpha value is -1.50. The molecule has 0 aromatic heterocycles. The molecule has 1 fully saturated rings. The minimum Gasteiger partial charge on any atom is -0.468 e. The van der Waals surface area contributed by atoms with E-state index in [0.29, 0.717) is 12.5 Å². The molecule has 1 aliphatic carbocycles. The standard InChI is InChI=1S/C11H15NO3/c1-3-4-10(13)12(7-9-5-6-9)8-11(14)15-2/h9H,5-8H2,1-2H3. The van der Waals surface area contributed by atoms with Crippen molar-refractivity contribution in [2.45, 2.75) is 19.8 Å². The van der Waals surface area contributed by atoms with Gasteiger partial charge in [-0.2, -0.15) is 0 Å². The SMILES string of the molecule is CC#CC(=O)N(CC(=O)OC)CC1CC1. The molecule has 0 aromatic carbocycles. The molecule has 0 unspecified atom stereocenters. The third-order valence-electron chi connectivity index (χ3n) is 2.24. The van der Waals surface area contributed by atoms with Crippen molar-refractivity contribution in [1.29, 1.82) is 0 Å². The fraction of sp³-hybridized carbons (Fsp3) is 0.636. The van der Waals surface area contributed by atoms with E-state index in [9.17, 15) is 9.59 Å². The summed E-state index contributed by atoms with van der Waals surface area (Å²) in [4.78, 5) is 24.0. The Labute approximate surface area is 89.6 Å². The topological polar surface area (TPSA) is 46.6 Å². The maximum Gasteiger partial charge on any atom is 0.325 e. The zero-order chi connectivity index (χ0) is 11.3. The van der Waals surface area contributed by atoms with Crippen molar-refractivity contribution in [2.24, 2.45) is 5.92 Å². The van der Waals surface area contributed by atoms with Gasteiger partial charge in [0, 0.05) is 6.54 Å². The predicted octanol–water partition coefficient (Wildman–Crippen LogP) is 0.421. The Balaban J connectivity index is 2.53. The van der Waals surface area contributed by atoms with Crippen LogP contribution < -0.4 is 0 Å². The highest BCUT2D eigenvalue weighted by molar-refractivity contribution is 5.95. The van der Waals surface area contributed by atoms with Gasteiger partial charge in [0.25, 0.3) is 5.91 Å². The van der Waals surface area contributed by atoms with Crippen LogP contribution in [-0.4, -0.2) is 37.0 Å². The van der Waals surface area contributed by atoms with Gasteiger partial charge in [-0.05, 0) is 31.6 Å². The Morgan fingerprint density at radius 1 is 1.47 bits per heavy atom. The number of hydrogen-bond donors (Lipinski definition) is 0. The highest BCUT2D eigenvalue weighted by Crippen LogP contribution is 2.29. The van der Waals surface area contributed by atoms with Crippen molar-refractivity contribution >= 4 is 11.9 Å². The molecule has 0 spiro atoms. The van der Waals surface area contributed by atoms with E-state index in [1.165, 1.54) is 12.0 Å². The Bertz CT molecular complexity index is 310. The van der Waals surface area contributed by atoms with Crippen LogP contribution in [0.1, 0.15) is 19.8 Å². The quantitative estimate of drug-likeness (QED) is 0.498. The summed E-state index contributed by atoms with van der Waals surface area (Å²) in [6.45, 7) is 2.22. The Morgan fingerprint density at radius 3 is 2.60 bits per heavy atom. The lowest BCUT2D eigenvalue weighted by atomic mass is 10.3. The lowest BCUT2D eigenvalue weighted by Crippen LogP contribution is -2.36. The summed E-state index contributed by atoms with van der Waals surface area (Å²) in [6.07, 6.45) is 2.26. The average molecular weight is 209 g/mol. The van der Waals surface area contributed by atoms with Crippen LogP contribution in [0.4, 0.5) is 0 Å². The van der Waals surface area contributed by atoms with Gasteiger partial charge in [-0.1, -0.05) is 5.92 Å². The molecule has 0 saturated heterocycles. The minimum absolute atomic E-state index is 0.000509. The first-order valence-corrected chi connectivity index (χ1v) is 4.95. The molecule has 0 aliphatic heterocycles. The highest BCUT2D eigenvalue weighted by Gasteiger charge is 2.27. The lowest BCUT2D eigenvalue weighted by molar-refractivity contribution is -0.145. The van der Waals surface area contributed by atoms with E-state index in [0.717, 1.165) is 12.8 Å². The molecule has 0 bridgehead atoms. The molecular weight excluding hydrogens is 194 g/mol. The van der Waals surface area contributed by atoms with Gasteiger partial charge in [-0.15, -0.1) is 0 Å². The van der Waals surface area contributed by atoms with Crippen LogP contribution in [0.25, 0.3) is 0 Å².